The molecule has 1 aliphatic heterocycles. The molecule has 1 unspecified atom stereocenters. The number of nitrogens with zero attached hydrogens (tertiary/aromatic N) is 1. The highest BCUT2D eigenvalue weighted by Gasteiger charge is 2.48. The third-order valence-corrected chi connectivity index (χ3v) is 4.89. The van der Waals surface area contributed by atoms with Crippen LogP contribution in [0.3, 0.4) is 0 Å². The lowest BCUT2D eigenvalue weighted by atomic mass is 9.68. The minimum Gasteiger partial charge on any atom is -0.212 e. The zero-order valence-corrected chi connectivity index (χ0v) is 9.10. The molecule has 1 atom stereocenters. The van der Waals surface area contributed by atoms with Crippen molar-refractivity contribution in [2.75, 3.05) is 12.8 Å². The van der Waals surface area contributed by atoms with E-state index < -0.39 is 10.0 Å². The monoisotopic (exact) mass is 203 g/mol. The number of hydrogen-bond acceptors (Lipinski definition) is 2. The van der Waals surface area contributed by atoms with Crippen molar-refractivity contribution in [2.24, 2.45) is 5.41 Å². The summed E-state index contributed by atoms with van der Waals surface area (Å²) < 4.78 is 24.5. The molecule has 1 heterocycles. The summed E-state index contributed by atoms with van der Waals surface area (Å²) in [5.74, 6) is 0. The molecule has 76 valence electrons. The van der Waals surface area contributed by atoms with Crippen LogP contribution in [0.15, 0.2) is 0 Å². The van der Waals surface area contributed by atoms with E-state index in [4.69, 9.17) is 0 Å². The Hall–Kier alpha value is -0.0900. The van der Waals surface area contributed by atoms with E-state index in [1.807, 2.05) is 6.92 Å². The third kappa shape index (κ3) is 1.50. The second-order valence-electron chi connectivity index (χ2n) is 4.71. The van der Waals surface area contributed by atoms with Crippen LogP contribution in [0.5, 0.6) is 0 Å². The van der Waals surface area contributed by atoms with Crippen LogP contribution in [0.25, 0.3) is 0 Å². The quantitative estimate of drug-likeness (QED) is 0.642. The highest BCUT2D eigenvalue weighted by atomic mass is 32.2. The van der Waals surface area contributed by atoms with E-state index in [1.165, 1.54) is 25.5 Å². The standard InChI is InChI=1S/C9H17NO2S/c1-8-6-9(4-3-5-9)7-10(8)13(2,11)12/h8H,3-7H2,1-2H3. The Balaban J connectivity index is 2.17. The molecule has 0 radical (unpaired) electrons. The van der Waals surface area contributed by atoms with E-state index in [1.54, 1.807) is 4.31 Å². The van der Waals surface area contributed by atoms with Crippen molar-refractivity contribution in [3.05, 3.63) is 0 Å². The van der Waals surface area contributed by atoms with Gasteiger partial charge in [-0.25, -0.2) is 8.42 Å². The number of sulfonamides is 1. The normalized spacial score (nSPS) is 33.5. The van der Waals surface area contributed by atoms with Crippen LogP contribution in [0, 0.1) is 5.41 Å². The molecule has 2 fully saturated rings. The van der Waals surface area contributed by atoms with E-state index in [0.29, 0.717) is 5.41 Å². The first-order chi connectivity index (χ1) is 5.93. The van der Waals surface area contributed by atoms with Gasteiger partial charge in [0.2, 0.25) is 10.0 Å². The van der Waals surface area contributed by atoms with Crippen LogP contribution >= 0.6 is 0 Å². The van der Waals surface area contributed by atoms with Crippen molar-refractivity contribution in [3.8, 4) is 0 Å². The van der Waals surface area contributed by atoms with Gasteiger partial charge in [0.05, 0.1) is 6.26 Å². The molecule has 2 aliphatic rings. The SMILES string of the molecule is CC1CC2(CCC2)CN1S(C)(=O)=O. The summed E-state index contributed by atoms with van der Waals surface area (Å²) in [5.41, 5.74) is 0.364. The molecule has 0 amide bonds. The molecule has 1 aliphatic carbocycles. The Labute approximate surface area is 80.2 Å². The Morgan fingerprint density at radius 2 is 2.00 bits per heavy atom. The third-order valence-electron chi connectivity index (χ3n) is 3.55. The summed E-state index contributed by atoms with van der Waals surface area (Å²) in [5, 5.41) is 0. The first-order valence-electron chi connectivity index (χ1n) is 4.90. The minimum atomic E-state index is -2.97. The van der Waals surface area contributed by atoms with Crippen molar-refractivity contribution in [3.63, 3.8) is 0 Å². The lowest BCUT2D eigenvalue weighted by molar-refractivity contribution is 0.152. The molecular formula is C9H17NO2S. The summed E-state index contributed by atoms with van der Waals surface area (Å²) in [6.07, 6.45) is 6.12. The lowest BCUT2D eigenvalue weighted by Gasteiger charge is -2.37. The fourth-order valence-electron chi connectivity index (χ4n) is 2.76. The van der Waals surface area contributed by atoms with Crippen LogP contribution < -0.4 is 0 Å². The number of rotatable bonds is 1. The second kappa shape index (κ2) is 2.70. The van der Waals surface area contributed by atoms with Crippen LogP contribution in [0.1, 0.15) is 32.6 Å². The van der Waals surface area contributed by atoms with Crippen molar-refractivity contribution in [1.82, 2.24) is 4.31 Å². The Kier molecular flexibility index (Phi) is 1.97. The molecule has 0 bridgehead atoms. The molecule has 1 spiro atoms. The maximum absolute atomic E-state index is 11.4. The molecule has 4 heteroatoms. The minimum absolute atomic E-state index is 0.218. The molecule has 0 N–H and O–H groups in total. The van der Waals surface area contributed by atoms with Crippen molar-refractivity contribution < 1.29 is 8.42 Å². The van der Waals surface area contributed by atoms with Gasteiger partial charge in [-0.2, -0.15) is 4.31 Å². The van der Waals surface area contributed by atoms with Gasteiger partial charge in [-0.3, -0.25) is 0 Å². The zero-order valence-electron chi connectivity index (χ0n) is 8.28. The topological polar surface area (TPSA) is 37.4 Å². The van der Waals surface area contributed by atoms with Crippen LogP contribution in [-0.2, 0) is 10.0 Å². The highest BCUT2D eigenvalue weighted by Crippen LogP contribution is 2.50. The molecule has 0 aromatic heterocycles. The zero-order chi connectivity index (χ0) is 9.69. The van der Waals surface area contributed by atoms with Gasteiger partial charge in [0.15, 0.2) is 0 Å². The highest BCUT2D eigenvalue weighted by molar-refractivity contribution is 7.88. The van der Waals surface area contributed by atoms with E-state index in [0.717, 1.165) is 13.0 Å². The van der Waals surface area contributed by atoms with E-state index in [2.05, 4.69) is 0 Å². The van der Waals surface area contributed by atoms with Crippen molar-refractivity contribution in [2.45, 2.75) is 38.6 Å². The van der Waals surface area contributed by atoms with Crippen LogP contribution in [0.2, 0.25) is 0 Å². The van der Waals surface area contributed by atoms with Crippen molar-refractivity contribution >= 4 is 10.0 Å². The molecule has 1 saturated heterocycles. The average Bonchev–Trinajstić information content (AvgIpc) is 2.24. The maximum atomic E-state index is 11.4. The first kappa shape index (κ1) is 9.46. The summed E-state index contributed by atoms with van der Waals surface area (Å²) in [6, 6.07) is 0.218. The lowest BCUT2D eigenvalue weighted by Crippen LogP contribution is -2.36. The van der Waals surface area contributed by atoms with E-state index in [9.17, 15) is 8.42 Å². The van der Waals surface area contributed by atoms with Gasteiger partial charge in [0.1, 0.15) is 0 Å². The Morgan fingerprint density at radius 3 is 2.23 bits per heavy atom. The summed E-state index contributed by atoms with van der Waals surface area (Å²) in [4.78, 5) is 0. The van der Waals surface area contributed by atoms with Gasteiger partial charge < -0.3 is 0 Å². The first-order valence-corrected chi connectivity index (χ1v) is 6.75. The molecule has 3 nitrogen and oxygen atoms in total. The van der Waals surface area contributed by atoms with Gasteiger partial charge in [0.25, 0.3) is 0 Å². The Morgan fingerprint density at radius 1 is 1.38 bits per heavy atom. The largest absolute Gasteiger partial charge is 0.212 e. The summed E-state index contributed by atoms with van der Waals surface area (Å²) >= 11 is 0. The molecule has 2 rings (SSSR count). The van der Waals surface area contributed by atoms with Crippen LogP contribution in [0.4, 0.5) is 0 Å². The predicted molar refractivity (Wildman–Crippen MR) is 51.9 cm³/mol. The average molecular weight is 203 g/mol. The predicted octanol–water partition coefficient (Wildman–Crippen LogP) is 1.21. The number of hydrogen-bond donors (Lipinski definition) is 0. The van der Waals surface area contributed by atoms with E-state index in [-0.39, 0.29) is 6.04 Å². The Bertz CT molecular complexity index is 306. The molecule has 0 aromatic carbocycles. The maximum Gasteiger partial charge on any atom is 0.211 e. The van der Waals surface area contributed by atoms with Gasteiger partial charge in [-0.05, 0) is 31.6 Å². The summed E-state index contributed by atoms with van der Waals surface area (Å²) in [7, 11) is -2.97. The van der Waals surface area contributed by atoms with Gasteiger partial charge in [0, 0.05) is 12.6 Å². The fraction of sp³-hybridized carbons (Fsp3) is 1.00. The van der Waals surface area contributed by atoms with Gasteiger partial charge in [-0.15, -0.1) is 0 Å². The molecule has 1 saturated carbocycles. The van der Waals surface area contributed by atoms with Crippen LogP contribution in [-0.4, -0.2) is 31.6 Å². The molecular weight excluding hydrogens is 186 g/mol. The van der Waals surface area contributed by atoms with Crippen molar-refractivity contribution in [1.29, 1.82) is 0 Å². The second-order valence-corrected chi connectivity index (χ2v) is 6.65. The fourth-order valence-corrected chi connectivity index (χ4v) is 4.00. The smallest absolute Gasteiger partial charge is 0.211 e. The molecule has 13 heavy (non-hydrogen) atoms. The molecule has 0 aromatic rings. The summed E-state index contributed by atoms with van der Waals surface area (Å²) in [6.45, 7) is 2.79. The van der Waals surface area contributed by atoms with Gasteiger partial charge >= 0.3 is 0 Å². The van der Waals surface area contributed by atoms with E-state index >= 15 is 0 Å². The van der Waals surface area contributed by atoms with Gasteiger partial charge in [-0.1, -0.05) is 6.42 Å².